The van der Waals surface area contributed by atoms with Gasteiger partial charge in [-0.15, -0.1) is 0 Å². The fraction of sp³-hybridized carbons (Fsp3) is 0.538. The summed E-state index contributed by atoms with van der Waals surface area (Å²) < 4.78 is 10.6. The lowest BCUT2D eigenvalue weighted by atomic mass is 10.0. The zero-order chi connectivity index (χ0) is 13.3. The third kappa shape index (κ3) is 2.16. The predicted molar refractivity (Wildman–Crippen MR) is 72.5 cm³/mol. The van der Waals surface area contributed by atoms with E-state index in [1.54, 1.807) is 14.2 Å². The van der Waals surface area contributed by atoms with Crippen LogP contribution in [0.25, 0.3) is 0 Å². The summed E-state index contributed by atoms with van der Waals surface area (Å²) in [5.41, 5.74) is 7.16. The van der Waals surface area contributed by atoms with Gasteiger partial charge in [0, 0.05) is 12.6 Å². The monoisotopic (exact) mass is 270 g/mol. The minimum absolute atomic E-state index is 0.102. The van der Waals surface area contributed by atoms with E-state index in [1.165, 1.54) is 0 Å². The van der Waals surface area contributed by atoms with Gasteiger partial charge in [0.15, 0.2) is 11.5 Å². The van der Waals surface area contributed by atoms with Crippen molar-refractivity contribution in [3.8, 4) is 11.5 Å². The van der Waals surface area contributed by atoms with Crippen molar-refractivity contribution in [2.45, 2.75) is 18.5 Å². The van der Waals surface area contributed by atoms with Crippen LogP contribution in [0.2, 0.25) is 5.02 Å². The highest BCUT2D eigenvalue weighted by molar-refractivity contribution is 6.33. The zero-order valence-electron chi connectivity index (χ0n) is 10.9. The lowest BCUT2D eigenvalue weighted by molar-refractivity contribution is 0.301. The van der Waals surface area contributed by atoms with Crippen molar-refractivity contribution >= 4 is 11.6 Å². The van der Waals surface area contributed by atoms with Crippen LogP contribution < -0.4 is 15.2 Å². The van der Waals surface area contributed by atoms with Gasteiger partial charge >= 0.3 is 0 Å². The number of nitrogens with two attached hydrogens (primary N) is 1. The fourth-order valence-electron chi connectivity index (χ4n) is 2.58. The van der Waals surface area contributed by atoms with Crippen LogP contribution in [-0.2, 0) is 0 Å². The zero-order valence-corrected chi connectivity index (χ0v) is 11.7. The van der Waals surface area contributed by atoms with E-state index in [0.717, 1.165) is 18.5 Å². The van der Waals surface area contributed by atoms with E-state index in [0.29, 0.717) is 16.5 Å². The number of ether oxygens (including phenoxy) is 2. The Kier molecular flexibility index (Phi) is 4.00. The first-order chi connectivity index (χ1) is 8.60. The molecule has 2 unspecified atom stereocenters. The van der Waals surface area contributed by atoms with E-state index >= 15 is 0 Å². The number of likely N-dealkylation sites (N-methyl/N-ethyl adjacent to an activating group) is 1. The van der Waals surface area contributed by atoms with Crippen LogP contribution in [0.3, 0.4) is 0 Å². The fourth-order valence-corrected chi connectivity index (χ4v) is 2.92. The van der Waals surface area contributed by atoms with Crippen molar-refractivity contribution in [2.75, 3.05) is 27.8 Å². The molecule has 18 heavy (non-hydrogen) atoms. The molecule has 2 rings (SSSR count). The van der Waals surface area contributed by atoms with Crippen molar-refractivity contribution in [2.24, 2.45) is 5.73 Å². The van der Waals surface area contributed by atoms with Crippen LogP contribution in [0.1, 0.15) is 18.0 Å². The molecule has 1 saturated heterocycles. The Bertz CT molecular complexity index is 429. The Labute approximate surface area is 113 Å². The first-order valence-electron chi connectivity index (χ1n) is 5.96. The number of likely N-dealkylation sites (tertiary alicyclic amines) is 1. The molecule has 0 amide bonds. The summed E-state index contributed by atoms with van der Waals surface area (Å²) in [5, 5.41) is 0.589. The summed E-state index contributed by atoms with van der Waals surface area (Å²) in [4.78, 5) is 2.22. The second kappa shape index (κ2) is 5.34. The molecule has 2 atom stereocenters. The van der Waals surface area contributed by atoms with Crippen LogP contribution >= 0.6 is 11.6 Å². The Morgan fingerprint density at radius 2 is 2.06 bits per heavy atom. The van der Waals surface area contributed by atoms with Gasteiger partial charge in [-0.3, -0.25) is 4.90 Å². The predicted octanol–water partition coefficient (Wildman–Crippen LogP) is 2.06. The summed E-state index contributed by atoms with van der Waals surface area (Å²) in [5.74, 6) is 1.21. The van der Waals surface area contributed by atoms with Gasteiger partial charge in [-0.1, -0.05) is 17.7 Å². The number of nitrogens with zero attached hydrogens (tertiary/aromatic N) is 1. The average Bonchev–Trinajstić information content (AvgIpc) is 2.69. The van der Waals surface area contributed by atoms with Gasteiger partial charge in [-0.25, -0.2) is 0 Å². The minimum atomic E-state index is 0.102. The molecule has 4 nitrogen and oxygen atoms in total. The first-order valence-corrected chi connectivity index (χ1v) is 6.34. The van der Waals surface area contributed by atoms with Crippen LogP contribution in [0.5, 0.6) is 11.5 Å². The Morgan fingerprint density at radius 1 is 1.33 bits per heavy atom. The number of benzene rings is 1. The second-order valence-electron chi connectivity index (χ2n) is 4.58. The van der Waals surface area contributed by atoms with Crippen molar-refractivity contribution in [1.82, 2.24) is 4.90 Å². The smallest absolute Gasteiger partial charge is 0.179 e. The maximum Gasteiger partial charge on any atom is 0.179 e. The lowest BCUT2D eigenvalue weighted by Gasteiger charge is -2.25. The minimum Gasteiger partial charge on any atom is -0.493 e. The van der Waals surface area contributed by atoms with E-state index in [-0.39, 0.29) is 12.1 Å². The third-order valence-corrected chi connectivity index (χ3v) is 3.92. The number of hydrogen-bond donors (Lipinski definition) is 1. The van der Waals surface area contributed by atoms with Crippen molar-refractivity contribution in [3.63, 3.8) is 0 Å². The van der Waals surface area contributed by atoms with E-state index < -0.39 is 0 Å². The molecule has 0 bridgehead atoms. The van der Waals surface area contributed by atoms with E-state index in [1.807, 2.05) is 12.1 Å². The molecule has 100 valence electrons. The summed E-state index contributed by atoms with van der Waals surface area (Å²) in [6, 6.07) is 4.08. The molecular weight excluding hydrogens is 252 g/mol. The molecule has 5 heteroatoms. The van der Waals surface area contributed by atoms with Crippen molar-refractivity contribution in [1.29, 1.82) is 0 Å². The average molecular weight is 271 g/mol. The number of methoxy groups -OCH3 is 2. The molecule has 1 aromatic rings. The molecule has 1 heterocycles. The molecule has 0 aromatic heterocycles. The summed E-state index contributed by atoms with van der Waals surface area (Å²) in [6.45, 7) is 0.983. The molecule has 1 fully saturated rings. The van der Waals surface area contributed by atoms with Gasteiger partial charge in [0.1, 0.15) is 0 Å². The molecule has 1 aromatic carbocycles. The second-order valence-corrected chi connectivity index (χ2v) is 4.96. The summed E-state index contributed by atoms with van der Waals surface area (Å²) in [7, 11) is 5.25. The standard InChI is InChI=1S/C13H19ClN2O2/c1-16-7-6-9(15)12(16)8-4-5-10(17-2)13(18-3)11(8)14/h4-5,9,12H,6-7,15H2,1-3H3. The van der Waals surface area contributed by atoms with Crippen LogP contribution in [0.4, 0.5) is 0 Å². The number of halogens is 1. The molecule has 0 saturated carbocycles. The normalized spacial score (nSPS) is 24.3. The Morgan fingerprint density at radius 3 is 2.56 bits per heavy atom. The first kappa shape index (κ1) is 13.5. The molecule has 0 aliphatic carbocycles. The number of rotatable bonds is 3. The largest absolute Gasteiger partial charge is 0.493 e. The summed E-state index contributed by atoms with van der Waals surface area (Å²) >= 11 is 6.42. The van der Waals surface area contributed by atoms with Gasteiger partial charge < -0.3 is 15.2 Å². The van der Waals surface area contributed by atoms with Crippen LogP contribution in [0, 0.1) is 0 Å². The van der Waals surface area contributed by atoms with E-state index in [2.05, 4.69) is 11.9 Å². The van der Waals surface area contributed by atoms with Gasteiger partial charge in [0.2, 0.25) is 0 Å². The lowest BCUT2D eigenvalue weighted by Crippen LogP contribution is -2.29. The molecule has 1 aliphatic rings. The third-order valence-electron chi connectivity index (χ3n) is 3.53. The maximum absolute atomic E-state index is 6.42. The highest BCUT2D eigenvalue weighted by atomic mass is 35.5. The topological polar surface area (TPSA) is 47.7 Å². The quantitative estimate of drug-likeness (QED) is 0.913. The van der Waals surface area contributed by atoms with E-state index in [9.17, 15) is 0 Å². The van der Waals surface area contributed by atoms with Gasteiger partial charge in [-0.05, 0) is 25.1 Å². The van der Waals surface area contributed by atoms with Gasteiger partial charge in [0.05, 0.1) is 25.3 Å². The Balaban J connectivity index is 2.45. The molecule has 2 N–H and O–H groups in total. The van der Waals surface area contributed by atoms with E-state index in [4.69, 9.17) is 26.8 Å². The molecular formula is C13H19ClN2O2. The Hall–Kier alpha value is -0.970. The summed E-state index contributed by atoms with van der Waals surface area (Å²) in [6.07, 6.45) is 0.978. The van der Waals surface area contributed by atoms with Gasteiger partial charge in [-0.2, -0.15) is 0 Å². The van der Waals surface area contributed by atoms with Crippen LogP contribution in [-0.4, -0.2) is 38.8 Å². The highest BCUT2D eigenvalue weighted by Crippen LogP contribution is 2.42. The molecule has 0 radical (unpaired) electrons. The highest BCUT2D eigenvalue weighted by Gasteiger charge is 2.33. The SMILES string of the molecule is COc1ccc(C2C(N)CCN2C)c(Cl)c1OC. The van der Waals surface area contributed by atoms with Crippen molar-refractivity contribution in [3.05, 3.63) is 22.7 Å². The van der Waals surface area contributed by atoms with Gasteiger partial charge in [0.25, 0.3) is 0 Å². The molecule has 0 spiro atoms. The van der Waals surface area contributed by atoms with Crippen molar-refractivity contribution < 1.29 is 9.47 Å². The number of hydrogen-bond acceptors (Lipinski definition) is 4. The maximum atomic E-state index is 6.42. The molecule has 1 aliphatic heterocycles. The van der Waals surface area contributed by atoms with Crippen LogP contribution in [0.15, 0.2) is 12.1 Å².